The first-order chi connectivity index (χ1) is 9.10. The van der Waals surface area contributed by atoms with Crippen LogP contribution in [-0.2, 0) is 13.0 Å². The summed E-state index contributed by atoms with van der Waals surface area (Å²) in [6.45, 7) is 2.29. The number of nitrogens with zero attached hydrogens (tertiary/aromatic N) is 1. The number of anilines is 1. The van der Waals surface area contributed by atoms with Gasteiger partial charge in [0.1, 0.15) is 5.76 Å². The summed E-state index contributed by atoms with van der Waals surface area (Å²) in [4.78, 5) is 15.2. The van der Waals surface area contributed by atoms with Crippen LogP contribution in [0, 0.1) is 0 Å². The van der Waals surface area contributed by atoms with Gasteiger partial charge < -0.3 is 14.8 Å². The molecular formula is C13H13ClN2O3. The van der Waals surface area contributed by atoms with Crippen LogP contribution in [0.25, 0.3) is 0 Å². The van der Waals surface area contributed by atoms with Crippen molar-refractivity contribution in [3.8, 4) is 0 Å². The van der Waals surface area contributed by atoms with Crippen molar-refractivity contribution in [2.45, 2.75) is 19.9 Å². The van der Waals surface area contributed by atoms with Gasteiger partial charge in [0, 0.05) is 17.1 Å². The number of hydrogen-bond donors (Lipinski definition) is 2. The van der Waals surface area contributed by atoms with E-state index >= 15 is 0 Å². The lowest BCUT2D eigenvalue weighted by Gasteiger charge is -2.08. The van der Waals surface area contributed by atoms with Crippen LogP contribution >= 0.6 is 11.6 Å². The zero-order valence-corrected chi connectivity index (χ0v) is 11.1. The number of oxazole rings is 1. The highest BCUT2D eigenvalue weighted by Crippen LogP contribution is 2.21. The van der Waals surface area contributed by atoms with E-state index in [1.165, 1.54) is 6.07 Å². The van der Waals surface area contributed by atoms with Gasteiger partial charge in [0.25, 0.3) is 0 Å². The fourth-order valence-corrected chi connectivity index (χ4v) is 1.78. The lowest BCUT2D eigenvalue weighted by molar-refractivity contribution is 0.0698. The first-order valence-corrected chi connectivity index (χ1v) is 6.18. The number of carboxylic acid groups (broad SMARTS) is 1. The Morgan fingerprint density at radius 2 is 2.32 bits per heavy atom. The zero-order chi connectivity index (χ0) is 13.8. The molecule has 2 aromatic rings. The minimum Gasteiger partial charge on any atom is -0.478 e. The van der Waals surface area contributed by atoms with Gasteiger partial charge >= 0.3 is 5.97 Å². The second-order valence-corrected chi connectivity index (χ2v) is 4.36. The Morgan fingerprint density at radius 1 is 1.53 bits per heavy atom. The molecule has 0 amide bonds. The third kappa shape index (κ3) is 3.26. The second kappa shape index (κ2) is 5.75. The Bertz CT molecular complexity index is 595. The van der Waals surface area contributed by atoms with Gasteiger partial charge in [-0.15, -0.1) is 0 Å². The lowest BCUT2D eigenvalue weighted by atomic mass is 10.2. The van der Waals surface area contributed by atoms with Crippen LogP contribution in [0.1, 0.15) is 28.9 Å². The topological polar surface area (TPSA) is 75.4 Å². The molecule has 0 saturated heterocycles. The number of nitrogens with one attached hydrogen (secondary N) is 1. The molecule has 100 valence electrons. The molecule has 0 bridgehead atoms. The Labute approximate surface area is 115 Å². The molecule has 0 fully saturated rings. The van der Waals surface area contributed by atoms with E-state index < -0.39 is 5.97 Å². The molecule has 1 heterocycles. The van der Waals surface area contributed by atoms with Gasteiger partial charge in [-0.25, -0.2) is 9.78 Å². The van der Waals surface area contributed by atoms with Crippen molar-refractivity contribution in [2.75, 3.05) is 5.32 Å². The maximum atomic E-state index is 11.1. The van der Waals surface area contributed by atoms with Gasteiger partial charge in [-0.1, -0.05) is 18.5 Å². The molecule has 0 radical (unpaired) electrons. The number of rotatable bonds is 5. The Balaban J connectivity index is 2.12. The first kappa shape index (κ1) is 13.4. The highest BCUT2D eigenvalue weighted by molar-refractivity contribution is 6.31. The minimum absolute atomic E-state index is 0.120. The van der Waals surface area contributed by atoms with E-state index in [1.807, 2.05) is 6.92 Å². The van der Waals surface area contributed by atoms with Crippen LogP contribution < -0.4 is 5.32 Å². The van der Waals surface area contributed by atoms with E-state index in [4.69, 9.17) is 21.1 Å². The average Bonchev–Trinajstić information content (AvgIpc) is 2.85. The molecular weight excluding hydrogens is 268 g/mol. The smallest absolute Gasteiger partial charge is 0.337 e. The molecule has 1 aromatic carbocycles. The molecule has 0 atom stereocenters. The summed E-state index contributed by atoms with van der Waals surface area (Å²) in [6.07, 6.45) is 2.44. The van der Waals surface area contributed by atoms with Gasteiger partial charge in [-0.3, -0.25) is 0 Å². The Kier molecular flexibility index (Phi) is 4.06. The van der Waals surface area contributed by atoms with Crippen molar-refractivity contribution in [3.63, 3.8) is 0 Å². The number of aryl methyl sites for hydroxylation is 1. The van der Waals surface area contributed by atoms with Crippen LogP contribution in [0.3, 0.4) is 0 Å². The van der Waals surface area contributed by atoms with Gasteiger partial charge in [-0.05, 0) is 18.2 Å². The molecule has 2 N–H and O–H groups in total. The molecule has 0 aliphatic heterocycles. The largest absolute Gasteiger partial charge is 0.478 e. The fraction of sp³-hybridized carbons (Fsp3) is 0.231. The van der Waals surface area contributed by atoms with Crippen molar-refractivity contribution in [1.29, 1.82) is 0 Å². The van der Waals surface area contributed by atoms with Crippen molar-refractivity contribution in [2.24, 2.45) is 0 Å². The van der Waals surface area contributed by atoms with Crippen molar-refractivity contribution in [1.82, 2.24) is 4.98 Å². The minimum atomic E-state index is -1.04. The number of hydrogen-bond acceptors (Lipinski definition) is 4. The quantitative estimate of drug-likeness (QED) is 0.879. The molecule has 0 unspecified atom stereocenters. The molecule has 0 aliphatic rings. The third-order valence-electron chi connectivity index (χ3n) is 2.59. The van der Waals surface area contributed by atoms with E-state index in [9.17, 15) is 4.79 Å². The molecule has 5 nitrogen and oxygen atoms in total. The van der Waals surface area contributed by atoms with E-state index in [-0.39, 0.29) is 5.56 Å². The monoisotopic (exact) mass is 280 g/mol. The van der Waals surface area contributed by atoms with Crippen LogP contribution in [-0.4, -0.2) is 16.1 Å². The maximum Gasteiger partial charge on any atom is 0.337 e. The number of carbonyl (C=O) groups is 1. The molecule has 1 aromatic heterocycles. The van der Waals surface area contributed by atoms with Crippen molar-refractivity contribution in [3.05, 3.63) is 46.6 Å². The molecule has 0 aliphatic carbocycles. The predicted molar refractivity (Wildman–Crippen MR) is 71.6 cm³/mol. The highest BCUT2D eigenvalue weighted by atomic mass is 35.5. The Morgan fingerprint density at radius 3 is 2.95 bits per heavy atom. The van der Waals surface area contributed by atoms with Gasteiger partial charge in [0.05, 0.1) is 18.3 Å². The van der Waals surface area contributed by atoms with Crippen LogP contribution in [0.15, 0.2) is 28.8 Å². The number of benzene rings is 1. The van der Waals surface area contributed by atoms with Gasteiger partial charge in [0.15, 0.2) is 0 Å². The number of aromatic nitrogens is 1. The summed E-state index contributed by atoms with van der Waals surface area (Å²) >= 11 is 5.78. The van der Waals surface area contributed by atoms with E-state index in [2.05, 4.69) is 10.3 Å². The molecule has 0 saturated carbocycles. The fourth-order valence-electron chi connectivity index (χ4n) is 1.61. The third-order valence-corrected chi connectivity index (χ3v) is 2.83. The van der Waals surface area contributed by atoms with Gasteiger partial charge in [0.2, 0.25) is 5.89 Å². The number of aromatic carboxylic acids is 1. The Hall–Kier alpha value is -2.01. The number of carboxylic acids is 1. The molecule has 2 rings (SSSR count). The number of halogens is 1. The summed E-state index contributed by atoms with van der Waals surface area (Å²) in [5.74, 6) is 0.279. The highest BCUT2D eigenvalue weighted by Gasteiger charge is 2.11. The molecule has 0 spiro atoms. The van der Waals surface area contributed by atoms with Crippen LogP contribution in [0.5, 0.6) is 0 Å². The summed E-state index contributed by atoms with van der Waals surface area (Å²) in [6, 6.07) is 4.65. The zero-order valence-electron chi connectivity index (χ0n) is 10.3. The van der Waals surface area contributed by atoms with E-state index in [1.54, 1.807) is 18.3 Å². The van der Waals surface area contributed by atoms with E-state index in [0.29, 0.717) is 23.1 Å². The van der Waals surface area contributed by atoms with Crippen LogP contribution in [0.4, 0.5) is 5.69 Å². The van der Waals surface area contributed by atoms with Crippen LogP contribution in [0.2, 0.25) is 5.02 Å². The average molecular weight is 281 g/mol. The van der Waals surface area contributed by atoms with E-state index in [0.717, 1.165) is 12.2 Å². The van der Waals surface area contributed by atoms with Gasteiger partial charge in [-0.2, -0.15) is 0 Å². The summed E-state index contributed by atoms with van der Waals surface area (Å²) in [5.41, 5.74) is 0.600. The first-order valence-electron chi connectivity index (χ1n) is 5.80. The summed E-state index contributed by atoms with van der Waals surface area (Å²) in [5, 5.41) is 12.5. The molecule has 6 heteroatoms. The predicted octanol–water partition coefficient (Wildman–Crippen LogP) is 3.20. The SMILES string of the molecule is CCc1cnc(CNc2ccc(Cl)cc2C(=O)O)o1. The second-order valence-electron chi connectivity index (χ2n) is 3.92. The molecule has 19 heavy (non-hydrogen) atoms. The summed E-state index contributed by atoms with van der Waals surface area (Å²) < 4.78 is 5.43. The summed E-state index contributed by atoms with van der Waals surface area (Å²) in [7, 11) is 0. The maximum absolute atomic E-state index is 11.1. The lowest BCUT2D eigenvalue weighted by Crippen LogP contribution is -2.06. The van der Waals surface area contributed by atoms with Crippen molar-refractivity contribution < 1.29 is 14.3 Å². The van der Waals surface area contributed by atoms with Crippen molar-refractivity contribution >= 4 is 23.3 Å². The normalized spacial score (nSPS) is 10.4. The standard InChI is InChI=1S/C13H13ClN2O3/c1-2-9-6-16-12(19-9)7-15-11-4-3-8(14)5-10(11)13(17)18/h3-6,15H,2,7H2,1H3,(H,17,18).